The zero-order valence-corrected chi connectivity index (χ0v) is 29.1. The van der Waals surface area contributed by atoms with Gasteiger partial charge >= 0.3 is 0 Å². The molecule has 244 valence electrons. The third kappa shape index (κ3) is 5.15. The molecule has 0 atom stereocenters. The van der Waals surface area contributed by atoms with Gasteiger partial charge in [0.05, 0.1) is 5.69 Å². The van der Waals surface area contributed by atoms with E-state index in [9.17, 15) is 0 Å². The lowest BCUT2D eigenvalue weighted by molar-refractivity contribution is 0.445. The lowest BCUT2D eigenvalue weighted by atomic mass is 9.81. The molecule has 0 aliphatic heterocycles. The van der Waals surface area contributed by atoms with Crippen molar-refractivity contribution in [2.45, 2.75) is 57.3 Å². The molecule has 0 N–H and O–H groups in total. The van der Waals surface area contributed by atoms with E-state index in [1.54, 1.807) is 0 Å². The van der Waals surface area contributed by atoms with E-state index in [1.165, 1.54) is 104 Å². The van der Waals surface area contributed by atoms with Crippen LogP contribution in [0.2, 0.25) is 0 Å². The van der Waals surface area contributed by atoms with Gasteiger partial charge in [0.1, 0.15) is 0 Å². The normalized spacial score (nSPS) is 15.1. The van der Waals surface area contributed by atoms with Crippen molar-refractivity contribution in [3.63, 3.8) is 0 Å². The second-order valence-electron chi connectivity index (χ2n) is 14.8. The van der Waals surface area contributed by atoms with Crippen molar-refractivity contribution in [1.82, 2.24) is 0 Å². The summed E-state index contributed by atoms with van der Waals surface area (Å²) in [7, 11) is 0. The van der Waals surface area contributed by atoms with Crippen LogP contribution in [0.4, 0.5) is 17.1 Å². The maximum absolute atomic E-state index is 2.48. The first-order valence-electron chi connectivity index (χ1n) is 18.4. The predicted octanol–water partition coefficient (Wildman–Crippen LogP) is 14.0. The standard InChI is InChI=1S/C49H43N/c1-49(2)46-26-13-11-25-44(46)45-29-28-38(33-47(45)49)50(48-27-14-12-22-41(48)35-18-7-4-8-19-35)37-21-15-20-36(32-37)40-31-30-39(34-16-5-3-6-17-34)42-23-9-10-24-43(40)42/h4,7-15,18-34H,3,5-6,16-17H2,1-2H3. The minimum Gasteiger partial charge on any atom is -0.310 e. The number of rotatable bonds is 6. The first-order valence-corrected chi connectivity index (χ1v) is 18.4. The van der Waals surface area contributed by atoms with Gasteiger partial charge in [-0.3, -0.25) is 0 Å². The Morgan fingerprint density at radius 1 is 0.460 bits per heavy atom. The Morgan fingerprint density at radius 3 is 1.94 bits per heavy atom. The summed E-state index contributed by atoms with van der Waals surface area (Å²) in [6.07, 6.45) is 6.66. The Morgan fingerprint density at radius 2 is 1.10 bits per heavy atom. The topological polar surface area (TPSA) is 3.24 Å². The maximum Gasteiger partial charge on any atom is 0.0540 e. The van der Waals surface area contributed by atoms with Crippen molar-refractivity contribution in [3.8, 4) is 33.4 Å². The molecule has 7 aromatic rings. The molecule has 50 heavy (non-hydrogen) atoms. The van der Waals surface area contributed by atoms with Crippen LogP contribution in [0, 0.1) is 0 Å². The largest absolute Gasteiger partial charge is 0.310 e. The molecule has 9 rings (SSSR count). The second-order valence-corrected chi connectivity index (χ2v) is 14.8. The van der Waals surface area contributed by atoms with Crippen LogP contribution in [0.25, 0.3) is 44.2 Å². The Balaban J connectivity index is 1.22. The van der Waals surface area contributed by atoms with Gasteiger partial charge in [0.2, 0.25) is 0 Å². The van der Waals surface area contributed by atoms with E-state index in [0.717, 1.165) is 5.69 Å². The minimum atomic E-state index is -0.0899. The van der Waals surface area contributed by atoms with Crippen molar-refractivity contribution in [2.75, 3.05) is 4.90 Å². The average Bonchev–Trinajstić information content (AvgIpc) is 3.41. The fraction of sp³-hybridized carbons (Fsp3) is 0.184. The molecule has 0 spiro atoms. The van der Waals surface area contributed by atoms with Crippen molar-refractivity contribution < 1.29 is 0 Å². The van der Waals surface area contributed by atoms with Crippen molar-refractivity contribution in [2.24, 2.45) is 0 Å². The van der Waals surface area contributed by atoms with Crippen LogP contribution in [-0.4, -0.2) is 0 Å². The van der Waals surface area contributed by atoms with Crippen molar-refractivity contribution >= 4 is 27.8 Å². The Bertz CT molecular complexity index is 2340. The van der Waals surface area contributed by atoms with Gasteiger partial charge < -0.3 is 4.90 Å². The fourth-order valence-corrected chi connectivity index (χ4v) is 8.95. The summed E-state index contributed by atoms with van der Waals surface area (Å²) in [4.78, 5) is 2.48. The Hall–Kier alpha value is -5.40. The molecule has 1 nitrogen and oxygen atoms in total. The first kappa shape index (κ1) is 30.6. The SMILES string of the molecule is CC1(C)c2ccccc2-c2ccc(N(c3cccc(-c4ccc(C5CCCCC5)c5ccccc45)c3)c3ccccc3-c3ccccc3)cc21. The summed E-state index contributed by atoms with van der Waals surface area (Å²) in [6.45, 7) is 4.73. The number of anilines is 3. The zero-order chi connectivity index (χ0) is 33.7. The predicted molar refractivity (Wildman–Crippen MR) is 213 cm³/mol. The van der Waals surface area contributed by atoms with Gasteiger partial charge in [-0.05, 0) is 104 Å². The van der Waals surface area contributed by atoms with Crippen LogP contribution in [0.15, 0.2) is 158 Å². The van der Waals surface area contributed by atoms with E-state index in [-0.39, 0.29) is 5.41 Å². The summed E-state index contributed by atoms with van der Waals surface area (Å²) >= 11 is 0. The molecule has 0 amide bonds. The molecule has 0 aromatic heterocycles. The first-order chi connectivity index (χ1) is 24.6. The third-order valence-electron chi connectivity index (χ3n) is 11.5. The highest BCUT2D eigenvalue weighted by Gasteiger charge is 2.36. The number of benzene rings is 7. The molecular weight excluding hydrogens is 603 g/mol. The molecular formula is C49H43N. The van der Waals surface area contributed by atoms with E-state index in [0.29, 0.717) is 5.92 Å². The fourth-order valence-electron chi connectivity index (χ4n) is 8.95. The number of hydrogen-bond donors (Lipinski definition) is 0. The van der Waals surface area contributed by atoms with Crippen LogP contribution in [0.1, 0.15) is 68.6 Å². The lowest BCUT2D eigenvalue weighted by Crippen LogP contribution is -2.17. The smallest absolute Gasteiger partial charge is 0.0540 e. The average molecular weight is 646 g/mol. The maximum atomic E-state index is 2.48. The monoisotopic (exact) mass is 645 g/mol. The summed E-state index contributed by atoms with van der Waals surface area (Å²) in [5.74, 6) is 0.661. The van der Waals surface area contributed by atoms with Gasteiger partial charge in [0.15, 0.2) is 0 Å². The van der Waals surface area contributed by atoms with Gasteiger partial charge in [-0.1, -0.05) is 161 Å². The van der Waals surface area contributed by atoms with Crippen LogP contribution in [0.5, 0.6) is 0 Å². The zero-order valence-electron chi connectivity index (χ0n) is 29.1. The van der Waals surface area contributed by atoms with Crippen LogP contribution >= 0.6 is 0 Å². The molecule has 1 heteroatoms. The molecule has 0 radical (unpaired) electrons. The molecule has 1 fully saturated rings. The Labute approximate surface area is 296 Å². The molecule has 1 saturated carbocycles. The molecule has 2 aliphatic rings. The van der Waals surface area contributed by atoms with Gasteiger partial charge in [-0.25, -0.2) is 0 Å². The van der Waals surface area contributed by atoms with E-state index < -0.39 is 0 Å². The molecule has 0 bridgehead atoms. The number of para-hydroxylation sites is 1. The molecule has 2 aliphatic carbocycles. The number of fused-ring (bicyclic) bond motifs is 4. The van der Waals surface area contributed by atoms with Gasteiger partial charge in [-0.15, -0.1) is 0 Å². The quantitative estimate of drug-likeness (QED) is 0.174. The lowest BCUT2D eigenvalue weighted by Gasteiger charge is -2.30. The van der Waals surface area contributed by atoms with Crippen LogP contribution in [-0.2, 0) is 5.41 Å². The molecule has 0 heterocycles. The van der Waals surface area contributed by atoms with Gasteiger partial charge in [-0.2, -0.15) is 0 Å². The van der Waals surface area contributed by atoms with E-state index >= 15 is 0 Å². The molecule has 7 aromatic carbocycles. The van der Waals surface area contributed by atoms with Crippen LogP contribution in [0.3, 0.4) is 0 Å². The summed E-state index contributed by atoms with van der Waals surface area (Å²) in [6, 6.07) is 58.8. The van der Waals surface area contributed by atoms with Gasteiger partial charge in [0, 0.05) is 22.4 Å². The highest BCUT2D eigenvalue weighted by molar-refractivity contribution is 6.00. The summed E-state index contributed by atoms with van der Waals surface area (Å²) in [5, 5.41) is 2.76. The highest BCUT2D eigenvalue weighted by Crippen LogP contribution is 2.51. The molecule has 0 unspecified atom stereocenters. The van der Waals surface area contributed by atoms with Crippen LogP contribution < -0.4 is 4.90 Å². The summed E-state index contributed by atoms with van der Waals surface area (Å²) < 4.78 is 0. The van der Waals surface area contributed by atoms with E-state index in [1.807, 2.05) is 0 Å². The van der Waals surface area contributed by atoms with Gasteiger partial charge in [0.25, 0.3) is 0 Å². The highest BCUT2D eigenvalue weighted by atomic mass is 15.1. The minimum absolute atomic E-state index is 0.0899. The summed E-state index contributed by atoms with van der Waals surface area (Å²) in [5.41, 5.74) is 15.3. The van der Waals surface area contributed by atoms with Crippen molar-refractivity contribution in [3.05, 3.63) is 174 Å². The Kier molecular flexibility index (Phi) is 7.65. The molecule has 0 saturated heterocycles. The third-order valence-corrected chi connectivity index (χ3v) is 11.5. The number of hydrogen-bond acceptors (Lipinski definition) is 1. The van der Waals surface area contributed by atoms with E-state index in [4.69, 9.17) is 0 Å². The van der Waals surface area contributed by atoms with E-state index in [2.05, 4.69) is 176 Å². The number of nitrogens with zero attached hydrogens (tertiary/aromatic N) is 1. The van der Waals surface area contributed by atoms with Crippen molar-refractivity contribution in [1.29, 1.82) is 0 Å². The second kappa shape index (κ2) is 12.5.